The highest BCUT2D eigenvalue weighted by Gasteiger charge is 2.25. The first-order valence-corrected chi connectivity index (χ1v) is 6.77. The van der Waals surface area contributed by atoms with E-state index in [4.69, 9.17) is 4.42 Å². The van der Waals surface area contributed by atoms with Crippen LogP contribution in [0.25, 0.3) is 0 Å². The number of aromatic nitrogens is 2. The summed E-state index contributed by atoms with van der Waals surface area (Å²) in [5.41, 5.74) is 0. The quantitative estimate of drug-likeness (QED) is 0.852. The van der Waals surface area contributed by atoms with Crippen LogP contribution in [0.1, 0.15) is 30.5 Å². The molecule has 0 radical (unpaired) electrons. The molecule has 20 heavy (non-hydrogen) atoms. The van der Waals surface area contributed by atoms with Gasteiger partial charge in [0.05, 0.1) is 6.26 Å². The van der Waals surface area contributed by atoms with Crippen molar-refractivity contribution in [3.8, 4) is 0 Å². The molecule has 1 fully saturated rings. The van der Waals surface area contributed by atoms with Crippen LogP contribution in [0.5, 0.6) is 0 Å². The van der Waals surface area contributed by atoms with E-state index in [9.17, 15) is 4.79 Å². The minimum absolute atomic E-state index is 0.109. The van der Waals surface area contributed by atoms with Crippen LogP contribution in [0.15, 0.2) is 35.2 Å². The van der Waals surface area contributed by atoms with Gasteiger partial charge in [-0.2, -0.15) is 0 Å². The molecule has 2 unspecified atom stereocenters. The van der Waals surface area contributed by atoms with Crippen molar-refractivity contribution in [1.82, 2.24) is 20.2 Å². The Morgan fingerprint density at radius 1 is 1.65 bits per heavy atom. The number of rotatable bonds is 5. The molecule has 2 aromatic rings. The number of nitrogens with zero attached hydrogens (tertiary/aromatic N) is 2. The predicted octanol–water partition coefficient (Wildman–Crippen LogP) is 0.971. The smallest absolute Gasteiger partial charge is 0.220 e. The molecule has 3 rings (SSSR count). The second-order valence-corrected chi connectivity index (χ2v) is 5.06. The molecule has 2 N–H and O–H groups in total. The Bertz CT molecular complexity index is 576. The minimum atomic E-state index is -0.109. The Labute approximate surface area is 117 Å². The number of furan rings is 1. The summed E-state index contributed by atoms with van der Waals surface area (Å²) in [6.45, 7) is 0.698. The standard InChI is InChI=1S/C14H18N4O2/c1-18-7-6-15-14(18)13(11-3-2-8-20-11)16-9-10-4-5-12(19)17-10/h2-3,6-8,10,13,16H,4-5,9H2,1H3,(H,17,19). The van der Waals surface area contributed by atoms with E-state index >= 15 is 0 Å². The van der Waals surface area contributed by atoms with E-state index in [1.807, 2.05) is 29.9 Å². The van der Waals surface area contributed by atoms with Gasteiger partial charge in [-0.3, -0.25) is 10.1 Å². The highest BCUT2D eigenvalue weighted by Crippen LogP contribution is 2.21. The molecule has 106 valence electrons. The normalized spacial score (nSPS) is 20.1. The first-order valence-electron chi connectivity index (χ1n) is 6.77. The summed E-state index contributed by atoms with van der Waals surface area (Å²) in [4.78, 5) is 15.6. The predicted molar refractivity (Wildman–Crippen MR) is 72.9 cm³/mol. The van der Waals surface area contributed by atoms with Crippen molar-refractivity contribution in [3.05, 3.63) is 42.4 Å². The summed E-state index contributed by atoms with van der Waals surface area (Å²) in [7, 11) is 1.96. The molecule has 2 aromatic heterocycles. The SMILES string of the molecule is Cn1ccnc1C(NCC1CCC(=O)N1)c1ccco1. The number of carbonyl (C=O) groups excluding carboxylic acids is 1. The zero-order chi connectivity index (χ0) is 13.9. The number of amides is 1. The maximum absolute atomic E-state index is 11.2. The lowest BCUT2D eigenvalue weighted by atomic mass is 10.1. The Morgan fingerprint density at radius 2 is 2.55 bits per heavy atom. The van der Waals surface area contributed by atoms with Crippen LogP contribution in [0, 0.1) is 0 Å². The van der Waals surface area contributed by atoms with Crippen LogP contribution in [-0.4, -0.2) is 28.0 Å². The molecule has 0 spiro atoms. The summed E-state index contributed by atoms with van der Waals surface area (Å²) in [6.07, 6.45) is 6.82. The minimum Gasteiger partial charge on any atom is -0.467 e. The zero-order valence-electron chi connectivity index (χ0n) is 11.4. The number of nitrogens with one attached hydrogen (secondary N) is 2. The molecule has 2 atom stereocenters. The van der Waals surface area contributed by atoms with Gasteiger partial charge < -0.3 is 14.3 Å². The third-order valence-electron chi connectivity index (χ3n) is 3.60. The molecule has 1 aliphatic heterocycles. The maximum Gasteiger partial charge on any atom is 0.220 e. The lowest BCUT2D eigenvalue weighted by Gasteiger charge is -2.19. The van der Waals surface area contributed by atoms with Gasteiger partial charge in [0.15, 0.2) is 0 Å². The summed E-state index contributed by atoms with van der Waals surface area (Å²) in [5, 5.41) is 6.39. The average molecular weight is 274 g/mol. The molecule has 0 aromatic carbocycles. The van der Waals surface area contributed by atoms with Gasteiger partial charge in [-0.05, 0) is 18.6 Å². The van der Waals surface area contributed by atoms with Gasteiger partial charge in [-0.1, -0.05) is 0 Å². The van der Waals surface area contributed by atoms with Crippen molar-refractivity contribution >= 4 is 5.91 Å². The number of imidazole rings is 1. The Morgan fingerprint density at radius 3 is 3.15 bits per heavy atom. The average Bonchev–Trinajstić information content (AvgIpc) is 3.14. The third kappa shape index (κ3) is 2.60. The van der Waals surface area contributed by atoms with Crippen molar-refractivity contribution in [2.75, 3.05) is 6.54 Å². The number of carbonyl (C=O) groups is 1. The summed E-state index contributed by atoms with van der Waals surface area (Å²) < 4.78 is 7.47. The van der Waals surface area contributed by atoms with Gasteiger partial charge in [0.25, 0.3) is 0 Å². The van der Waals surface area contributed by atoms with Crippen molar-refractivity contribution in [2.24, 2.45) is 7.05 Å². The molecule has 1 saturated heterocycles. The molecule has 1 aliphatic rings. The number of aryl methyl sites for hydroxylation is 1. The van der Waals surface area contributed by atoms with Crippen molar-refractivity contribution in [2.45, 2.75) is 24.9 Å². The van der Waals surface area contributed by atoms with E-state index in [0.717, 1.165) is 18.0 Å². The fraction of sp³-hybridized carbons (Fsp3) is 0.429. The van der Waals surface area contributed by atoms with Crippen LogP contribution in [0.2, 0.25) is 0 Å². The maximum atomic E-state index is 11.2. The van der Waals surface area contributed by atoms with E-state index in [0.29, 0.717) is 13.0 Å². The third-order valence-corrected chi connectivity index (χ3v) is 3.60. The molecular formula is C14H18N4O2. The fourth-order valence-corrected chi connectivity index (χ4v) is 2.52. The fourth-order valence-electron chi connectivity index (χ4n) is 2.52. The number of hydrogen-bond acceptors (Lipinski definition) is 4. The number of hydrogen-bond donors (Lipinski definition) is 2. The van der Waals surface area contributed by atoms with Crippen LogP contribution in [-0.2, 0) is 11.8 Å². The Hall–Kier alpha value is -2.08. The van der Waals surface area contributed by atoms with Crippen molar-refractivity contribution in [3.63, 3.8) is 0 Å². The second-order valence-electron chi connectivity index (χ2n) is 5.06. The highest BCUT2D eigenvalue weighted by molar-refractivity contribution is 5.78. The monoisotopic (exact) mass is 274 g/mol. The van der Waals surface area contributed by atoms with Crippen molar-refractivity contribution < 1.29 is 9.21 Å². The van der Waals surface area contributed by atoms with Gasteiger partial charge in [-0.15, -0.1) is 0 Å². The Kier molecular flexibility index (Phi) is 3.56. The molecule has 0 saturated carbocycles. The van der Waals surface area contributed by atoms with Gasteiger partial charge in [0.1, 0.15) is 17.6 Å². The van der Waals surface area contributed by atoms with Gasteiger partial charge in [-0.25, -0.2) is 4.98 Å². The first kappa shape index (κ1) is 12.9. The second kappa shape index (κ2) is 5.50. The molecule has 3 heterocycles. The van der Waals surface area contributed by atoms with Gasteiger partial charge >= 0.3 is 0 Å². The van der Waals surface area contributed by atoms with E-state index in [2.05, 4.69) is 15.6 Å². The lowest BCUT2D eigenvalue weighted by Crippen LogP contribution is -2.38. The molecule has 1 amide bonds. The summed E-state index contributed by atoms with van der Waals surface area (Å²) in [5.74, 6) is 1.84. The van der Waals surface area contributed by atoms with Crippen LogP contribution < -0.4 is 10.6 Å². The molecular weight excluding hydrogens is 256 g/mol. The van der Waals surface area contributed by atoms with E-state index in [1.54, 1.807) is 12.5 Å². The highest BCUT2D eigenvalue weighted by atomic mass is 16.3. The topological polar surface area (TPSA) is 72.1 Å². The van der Waals surface area contributed by atoms with Crippen LogP contribution >= 0.6 is 0 Å². The van der Waals surface area contributed by atoms with Crippen LogP contribution in [0.3, 0.4) is 0 Å². The van der Waals surface area contributed by atoms with Gasteiger partial charge in [0, 0.05) is 38.4 Å². The van der Waals surface area contributed by atoms with E-state index < -0.39 is 0 Å². The zero-order valence-corrected chi connectivity index (χ0v) is 11.4. The van der Waals surface area contributed by atoms with E-state index in [-0.39, 0.29) is 18.0 Å². The van der Waals surface area contributed by atoms with E-state index in [1.165, 1.54) is 0 Å². The van der Waals surface area contributed by atoms with Crippen LogP contribution in [0.4, 0.5) is 0 Å². The largest absolute Gasteiger partial charge is 0.467 e. The molecule has 6 heteroatoms. The Balaban J connectivity index is 1.73. The summed E-state index contributed by atoms with van der Waals surface area (Å²) in [6, 6.07) is 3.87. The molecule has 6 nitrogen and oxygen atoms in total. The summed E-state index contributed by atoms with van der Waals surface area (Å²) >= 11 is 0. The first-order chi connectivity index (χ1) is 9.74. The molecule has 0 bridgehead atoms. The van der Waals surface area contributed by atoms with Crippen molar-refractivity contribution in [1.29, 1.82) is 0 Å². The van der Waals surface area contributed by atoms with Gasteiger partial charge in [0.2, 0.25) is 5.91 Å². The molecule has 0 aliphatic carbocycles. The lowest BCUT2D eigenvalue weighted by molar-refractivity contribution is -0.119.